The molecule has 0 bridgehead atoms. The molecule has 5 aromatic rings. The molecule has 10 heteroatoms. The predicted octanol–water partition coefficient (Wildman–Crippen LogP) is 3.36. The van der Waals surface area contributed by atoms with Crippen LogP contribution < -0.4 is 10.6 Å². The fraction of sp³-hybridized carbons (Fsp3) is 0.250. The number of nitrogens with two attached hydrogens (primary N) is 1. The van der Waals surface area contributed by atoms with Crippen LogP contribution >= 0.6 is 0 Å². The lowest BCUT2D eigenvalue weighted by atomic mass is 10.0. The maximum absolute atomic E-state index is 9.80. The molecule has 0 unspecified atom stereocenters. The van der Waals surface area contributed by atoms with E-state index in [1.54, 1.807) is 15.4 Å². The summed E-state index contributed by atoms with van der Waals surface area (Å²) in [6.45, 7) is 5.85. The Morgan fingerprint density at radius 2 is 1.95 bits per heavy atom. The summed E-state index contributed by atoms with van der Waals surface area (Å²) in [4.78, 5) is 14.1. The molecule has 1 atom stereocenters. The van der Waals surface area contributed by atoms with Gasteiger partial charge in [0.2, 0.25) is 0 Å². The van der Waals surface area contributed by atoms with Crippen molar-refractivity contribution >= 4 is 17.2 Å². The van der Waals surface area contributed by atoms with Gasteiger partial charge in [0.1, 0.15) is 17.5 Å². The molecule has 38 heavy (non-hydrogen) atoms. The first-order valence-electron chi connectivity index (χ1n) is 12.6. The standard InChI is InChI=1S/C28H28N10/c1-19-15-36(18-23-5-3-4-8-31-23)9-10-37(19)26-7-6-20(13-32-26)24-11-21(22-14-33-35(2)16-22)17-38-27(24)25(12-29)28(30)34-38/h3-8,11,13-14,16-17,19H,9-10,15,18H2,1-2H3,(H2,30,34)/t19-/m0/s1. The summed E-state index contributed by atoms with van der Waals surface area (Å²) in [5, 5.41) is 18.5. The molecule has 0 amide bonds. The zero-order chi connectivity index (χ0) is 26.2. The van der Waals surface area contributed by atoms with Gasteiger partial charge in [0.25, 0.3) is 0 Å². The largest absolute Gasteiger partial charge is 0.381 e. The van der Waals surface area contributed by atoms with Crippen LogP contribution in [0.5, 0.6) is 0 Å². The third-order valence-corrected chi connectivity index (χ3v) is 7.08. The lowest BCUT2D eigenvalue weighted by Crippen LogP contribution is -2.51. The number of nitrogen functional groups attached to an aromatic ring is 1. The summed E-state index contributed by atoms with van der Waals surface area (Å²) in [5.74, 6) is 1.14. The van der Waals surface area contributed by atoms with Crippen LogP contribution in [0.3, 0.4) is 0 Å². The van der Waals surface area contributed by atoms with E-state index in [1.165, 1.54) is 0 Å². The zero-order valence-electron chi connectivity index (χ0n) is 21.4. The minimum Gasteiger partial charge on any atom is -0.381 e. The molecule has 0 spiro atoms. The Labute approximate surface area is 220 Å². The number of pyridine rings is 3. The highest BCUT2D eigenvalue weighted by Crippen LogP contribution is 2.34. The number of fused-ring (bicyclic) bond motifs is 1. The molecule has 6 rings (SSSR count). The van der Waals surface area contributed by atoms with Crippen molar-refractivity contribution in [3.63, 3.8) is 0 Å². The topological polar surface area (TPSA) is 117 Å². The first-order valence-corrected chi connectivity index (χ1v) is 12.6. The minimum atomic E-state index is 0.207. The van der Waals surface area contributed by atoms with E-state index in [2.05, 4.69) is 56.2 Å². The maximum Gasteiger partial charge on any atom is 0.164 e. The van der Waals surface area contributed by atoms with Crippen LogP contribution in [0.1, 0.15) is 18.2 Å². The van der Waals surface area contributed by atoms with Crippen molar-refractivity contribution in [1.29, 1.82) is 5.26 Å². The molecule has 0 saturated carbocycles. The van der Waals surface area contributed by atoms with E-state index in [1.807, 2.05) is 50.0 Å². The Balaban J connectivity index is 1.29. The Morgan fingerprint density at radius 3 is 2.63 bits per heavy atom. The number of aryl methyl sites for hydroxylation is 1. The number of nitriles is 1. The number of hydrogen-bond acceptors (Lipinski definition) is 8. The van der Waals surface area contributed by atoms with Crippen molar-refractivity contribution in [2.75, 3.05) is 30.3 Å². The van der Waals surface area contributed by atoms with Crippen molar-refractivity contribution in [2.45, 2.75) is 19.5 Å². The first-order chi connectivity index (χ1) is 18.5. The summed E-state index contributed by atoms with van der Waals surface area (Å²) in [5.41, 5.74) is 11.8. The van der Waals surface area contributed by atoms with Gasteiger partial charge >= 0.3 is 0 Å². The molecule has 0 aliphatic carbocycles. The molecule has 10 nitrogen and oxygen atoms in total. The van der Waals surface area contributed by atoms with Gasteiger partial charge in [-0.2, -0.15) is 10.4 Å². The fourth-order valence-corrected chi connectivity index (χ4v) is 5.21. The number of hydrogen-bond donors (Lipinski definition) is 1. The summed E-state index contributed by atoms with van der Waals surface area (Å²) in [7, 11) is 1.88. The molecule has 5 aromatic heterocycles. The van der Waals surface area contributed by atoms with Crippen LogP contribution in [0.25, 0.3) is 27.8 Å². The summed E-state index contributed by atoms with van der Waals surface area (Å²) in [6.07, 6.45) is 9.34. The molecule has 6 heterocycles. The van der Waals surface area contributed by atoms with E-state index < -0.39 is 0 Å². The molecule has 1 aliphatic rings. The van der Waals surface area contributed by atoms with Gasteiger partial charge in [0, 0.05) is 86.3 Å². The molecule has 2 N–H and O–H groups in total. The molecule has 0 radical (unpaired) electrons. The van der Waals surface area contributed by atoms with E-state index in [9.17, 15) is 5.26 Å². The molecule has 1 saturated heterocycles. The third kappa shape index (κ3) is 4.33. The summed E-state index contributed by atoms with van der Waals surface area (Å²) in [6, 6.07) is 14.7. The highest BCUT2D eigenvalue weighted by Gasteiger charge is 2.25. The Kier molecular flexibility index (Phi) is 5.98. The van der Waals surface area contributed by atoms with Crippen LogP contribution in [0.15, 0.2) is 67.4 Å². The van der Waals surface area contributed by atoms with Crippen molar-refractivity contribution < 1.29 is 0 Å². The van der Waals surface area contributed by atoms with Gasteiger partial charge < -0.3 is 10.6 Å². The maximum atomic E-state index is 9.80. The van der Waals surface area contributed by atoms with E-state index in [0.29, 0.717) is 17.1 Å². The van der Waals surface area contributed by atoms with Crippen LogP contribution in [0.4, 0.5) is 11.6 Å². The van der Waals surface area contributed by atoms with Gasteiger partial charge in [-0.05, 0) is 37.3 Å². The van der Waals surface area contributed by atoms with Gasteiger partial charge in [-0.1, -0.05) is 6.07 Å². The monoisotopic (exact) mass is 504 g/mol. The molecular formula is C28H28N10. The number of anilines is 2. The van der Waals surface area contributed by atoms with Crippen molar-refractivity contribution in [1.82, 2.24) is 34.3 Å². The van der Waals surface area contributed by atoms with Crippen LogP contribution in [-0.4, -0.2) is 59.9 Å². The summed E-state index contributed by atoms with van der Waals surface area (Å²) >= 11 is 0. The molecule has 190 valence electrons. The van der Waals surface area contributed by atoms with E-state index in [4.69, 9.17) is 10.7 Å². The van der Waals surface area contributed by atoms with E-state index in [-0.39, 0.29) is 5.82 Å². The van der Waals surface area contributed by atoms with Gasteiger partial charge in [0.15, 0.2) is 5.82 Å². The first kappa shape index (κ1) is 23.6. The lowest BCUT2D eigenvalue weighted by molar-refractivity contribution is 0.218. The van der Waals surface area contributed by atoms with Crippen molar-refractivity contribution in [2.24, 2.45) is 7.05 Å². The van der Waals surface area contributed by atoms with Crippen molar-refractivity contribution in [3.05, 3.63) is 78.6 Å². The van der Waals surface area contributed by atoms with Gasteiger partial charge in [-0.3, -0.25) is 14.6 Å². The second kappa shape index (κ2) is 9.61. The van der Waals surface area contributed by atoms with Gasteiger partial charge in [0.05, 0.1) is 17.4 Å². The normalized spacial score (nSPS) is 16.1. The smallest absolute Gasteiger partial charge is 0.164 e. The zero-order valence-corrected chi connectivity index (χ0v) is 21.4. The third-order valence-electron chi connectivity index (χ3n) is 7.08. The van der Waals surface area contributed by atoms with Crippen LogP contribution in [0.2, 0.25) is 0 Å². The highest BCUT2D eigenvalue weighted by atomic mass is 15.3. The minimum absolute atomic E-state index is 0.207. The number of aromatic nitrogens is 6. The molecular weight excluding hydrogens is 476 g/mol. The summed E-state index contributed by atoms with van der Waals surface area (Å²) < 4.78 is 3.44. The quantitative estimate of drug-likeness (QED) is 0.387. The van der Waals surface area contributed by atoms with Crippen LogP contribution in [-0.2, 0) is 13.6 Å². The van der Waals surface area contributed by atoms with Crippen molar-refractivity contribution in [3.8, 4) is 28.3 Å². The SMILES string of the molecule is C[C@H]1CN(Cc2ccccn2)CCN1c1ccc(-c2cc(-c3cnn(C)c3)cn3nc(N)c(C#N)c23)cn1. The Hall–Kier alpha value is -4.75. The Morgan fingerprint density at radius 1 is 1.05 bits per heavy atom. The lowest BCUT2D eigenvalue weighted by Gasteiger charge is -2.40. The van der Waals surface area contributed by atoms with Crippen LogP contribution in [0, 0.1) is 11.3 Å². The van der Waals surface area contributed by atoms with E-state index >= 15 is 0 Å². The predicted molar refractivity (Wildman–Crippen MR) is 146 cm³/mol. The number of piperazine rings is 1. The average molecular weight is 505 g/mol. The number of rotatable bonds is 5. The molecule has 1 fully saturated rings. The second-order valence-electron chi connectivity index (χ2n) is 9.71. The van der Waals surface area contributed by atoms with Gasteiger partial charge in [-0.25, -0.2) is 9.50 Å². The number of nitrogens with zero attached hydrogens (tertiary/aromatic N) is 9. The highest BCUT2D eigenvalue weighted by molar-refractivity contribution is 5.90. The molecule has 0 aromatic carbocycles. The fourth-order valence-electron chi connectivity index (χ4n) is 5.21. The Bertz CT molecular complexity index is 1630. The van der Waals surface area contributed by atoms with Gasteiger partial charge in [-0.15, -0.1) is 5.10 Å². The van der Waals surface area contributed by atoms with E-state index in [0.717, 1.165) is 59.9 Å². The average Bonchev–Trinajstić information content (AvgIpc) is 3.51. The second-order valence-corrected chi connectivity index (χ2v) is 9.71. The molecule has 1 aliphatic heterocycles.